The molecule has 1 saturated heterocycles. The summed E-state index contributed by atoms with van der Waals surface area (Å²) in [4.78, 5) is 24.7. The minimum Gasteiger partial charge on any atom is -0.467 e. The second-order valence-electron chi connectivity index (χ2n) is 4.75. The number of nitrogens with one attached hydrogen (secondary N) is 1. The number of carbonyl (C=O) groups is 2. The van der Waals surface area contributed by atoms with Gasteiger partial charge in [0.05, 0.1) is 25.9 Å². The predicted molar refractivity (Wildman–Crippen MR) is 67.5 cm³/mol. The Bertz CT molecular complexity index is 323. The summed E-state index contributed by atoms with van der Waals surface area (Å²) in [5, 5.41) is 11.7. The lowest BCUT2D eigenvalue weighted by molar-refractivity contribution is -0.147. The zero-order chi connectivity index (χ0) is 14.4. The predicted octanol–water partition coefficient (Wildman–Crippen LogP) is -1.25. The van der Waals surface area contributed by atoms with Gasteiger partial charge in [-0.1, -0.05) is 0 Å². The second kappa shape index (κ2) is 7.42. The van der Waals surface area contributed by atoms with E-state index >= 15 is 0 Å². The van der Waals surface area contributed by atoms with Crippen LogP contribution in [0.15, 0.2) is 0 Å². The Morgan fingerprint density at radius 1 is 1.53 bits per heavy atom. The van der Waals surface area contributed by atoms with Gasteiger partial charge < -0.3 is 19.9 Å². The number of amides is 1. The molecule has 0 aromatic carbocycles. The average Bonchev–Trinajstić information content (AvgIpc) is 2.35. The molecule has 0 aromatic heterocycles. The fourth-order valence-corrected chi connectivity index (χ4v) is 2.22. The first kappa shape index (κ1) is 15.9. The smallest absolute Gasteiger partial charge is 0.329 e. The van der Waals surface area contributed by atoms with Crippen LogP contribution in [0.1, 0.15) is 13.8 Å². The quantitative estimate of drug-likeness (QED) is 0.609. The third kappa shape index (κ3) is 5.14. The van der Waals surface area contributed by atoms with Crippen molar-refractivity contribution < 1.29 is 24.2 Å². The van der Waals surface area contributed by atoms with Crippen LogP contribution in [-0.4, -0.2) is 73.5 Å². The van der Waals surface area contributed by atoms with Gasteiger partial charge in [0.2, 0.25) is 5.91 Å². The molecule has 7 heteroatoms. The van der Waals surface area contributed by atoms with Gasteiger partial charge in [-0.15, -0.1) is 0 Å². The van der Waals surface area contributed by atoms with Crippen LogP contribution >= 0.6 is 0 Å². The van der Waals surface area contributed by atoms with Crippen molar-refractivity contribution in [1.82, 2.24) is 10.2 Å². The minimum atomic E-state index is -0.702. The van der Waals surface area contributed by atoms with Crippen molar-refractivity contribution in [2.75, 3.05) is 33.4 Å². The highest BCUT2D eigenvalue weighted by atomic mass is 16.5. The van der Waals surface area contributed by atoms with Gasteiger partial charge in [-0.2, -0.15) is 0 Å². The molecular formula is C12H22N2O5. The van der Waals surface area contributed by atoms with Crippen molar-refractivity contribution in [3.63, 3.8) is 0 Å². The van der Waals surface area contributed by atoms with E-state index in [0.717, 1.165) is 0 Å². The van der Waals surface area contributed by atoms with Crippen LogP contribution in [0, 0.1) is 0 Å². The number of carbonyl (C=O) groups excluding carboxylic acids is 2. The molecule has 1 rings (SSSR count). The van der Waals surface area contributed by atoms with Gasteiger partial charge in [0.1, 0.15) is 6.04 Å². The molecule has 3 unspecified atom stereocenters. The van der Waals surface area contributed by atoms with Gasteiger partial charge in [-0.3, -0.25) is 9.69 Å². The molecule has 1 fully saturated rings. The molecule has 1 amide bonds. The normalized spacial score (nSPS) is 25.7. The summed E-state index contributed by atoms with van der Waals surface area (Å²) in [5.74, 6) is -0.759. The molecule has 0 aliphatic carbocycles. The average molecular weight is 274 g/mol. The van der Waals surface area contributed by atoms with E-state index in [0.29, 0.717) is 19.6 Å². The first-order valence-electron chi connectivity index (χ1n) is 6.29. The van der Waals surface area contributed by atoms with Gasteiger partial charge >= 0.3 is 5.97 Å². The van der Waals surface area contributed by atoms with Gasteiger partial charge in [0.25, 0.3) is 0 Å². The van der Waals surface area contributed by atoms with Crippen molar-refractivity contribution in [3.05, 3.63) is 0 Å². The standard InChI is InChI=1S/C12H22N2O5/c1-8-4-14(5-10(7-15)19-8)6-11(12(17)18-3)13-9(2)16/h8,10-11,15H,4-7H2,1-3H3,(H,13,16). The monoisotopic (exact) mass is 274 g/mol. The highest BCUT2D eigenvalue weighted by Gasteiger charge is 2.29. The topological polar surface area (TPSA) is 88.1 Å². The highest BCUT2D eigenvalue weighted by molar-refractivity contribution is 5.83. The summed E-state index contributed by atoms with van der Waals surface area (Å²) >= 11 is 0. The SMILES string of the molecule is COC(=O)C(CN1CC(C)OC(CO)C1)NC(C)=O. The summed E-state index contributed by atoms with van der Waals surface area (Å²) < 4.78 is 10.2. The maximum absolute atomic E-state index is 11.6. The largest absolute Gasteiger partial charge is 0.467 e. The van der Waals surface area contributed by atoms with E-state index in [-0.39, 0.29) is 24.7 Å². The van der Waals surface area contributed by atoms with Crippen molar-refractivity contribution in [1.29, 1.82) is 0 Å². The number of aliphatic hydroxyl groups is 1. The van der Waals surface area contributed by atoms with Crippen LogP contribution < -0.4 is 5.32 Å². The number of rotatable bonds is 5. The number of aliphatic hydroxyl groups excluding tert-OH is 1. The van der Waals surface area contributed by atoms with Gasteiger partial charge in [-0.05, 0) is 6.92 Å². The van der Waals surface area contributed by atoms with Gasteiger partial charge in [0.15, 0.2) is 0 Å². The molecule has 7 nitrogen and oxygen atoms in total. The molecule has 110 valence electrons. The van der Waals surface area contributed by atoms with E-state index in [9.17, 15) is 9.59 Å². The molecule has 2 N–H and O–H groups in total. The van der Waals surface area contributed by atoms with Crippen molar-refractivity contribution in [2.24, 2.45) is 0 Å². The Morgan fingerprint density at radius 3 is 2.74 bits per heavy atom. The van der Waals surface area contributed by atoms with E-state index in [4.69, 9.17) is 9.84 Å². The van der Waals surface area contributed by atoms with Crippen LogP contribution in [0.3, 0.4) is 0 Å². The minimum absolute atomic E-state index is 0.0264. The summed E-state index contributed by atoms with van der Waals surface area (Å²) in [6.45, 7) is 4.70. The lowest BCUT2D eigenvalue weighted by atomic mass is 10.2. The second-order valence-corrected chi connectivity index (χ2v) is 4.75. The van der Waals surface area contributed by atoms with Crippen molar-refractivity contribution >= 4 is 11.9 Å². The lowest BCUT2D eigenvalue weighted by Gasteiger charge is -2.37. The number of esters is 1. The Morgan fingerprint density at radius 2 is 2.21 bits per heavy atom. The molecule has 19 heavy (non-hydrogen) atoms. The molecule has 1 aliphatic rings. The van der Waals surface area contributed by atoms with E-state index in [1.54, 1.807) is 0 Å². The first-order chi connectivity index (χ1) is 8.96. The molecular weight excluding hydrogens is 252 g/mol. The van der Waals surface area contributed by atoms with Crippen LogP contribution in [0.25, 0.3) is 0 Å². The van der Waals surface area contributed by atoms with E-state index in [1.165, 1.54) is 14.0 Å². The molecule has 0 saturated carbocycles. The zero-order valence-electron chi connectivity index (χ0n) is 11.6. The number of ether oxygens (including phenoxy) is 2. The molecule has 3 atom stereocenters. The molecule has 1 heterocycles. The molecule has 0 spiro atoms. The molecule has 0 aromatic rings. The fourth-order valence-electron chi connectivity index (χ4n) is 2.22. The number of nitrogens with zero attached hydrogens (tertiary/aromatic N) is 1. The number of morpholine rings is 1. The zero-order valence-corrected chi connectivity index (χ0v) is 11.6. The molecule has 0 bridgehead atoms. The van der Waals surface area contributed by atoms with Crippen LogP contribution in [0.4, 0.5) is 0 Å². The summed E-state index contributed by atoms with van der Waals surface area (Å²) in [7, 11) is 1.29. The van der Waals surface area contributed by atoms with Gasteiger partial charge in [-0.25, -0.2) is 4.79 Å². The van der Waals surface area contributed by atoms with E-state index in [1.807, 2.05) is 11.8 Å². The molecule has 0 radical (unpaired) electrons. The van der Waals surface area contributed by atoms with Crippen molar-refractivity contribution in [3.8, 4) is 0 Å². The number of methoxy groups -OCH3 is 1. The Labute approximate surface area is 112 Å². The van der Waals surface area contributed by atoms with E-state index < -0.39 is 12.0 Å². The fraction of sp³-hybridized carbons (Fsp3) is 0.833. The third-order valence-electron chi connectivity index (χ3n) is 2.91. The van der Waals surface area contributed by atoms with E-state index in [2.05, 4.69) is 10.1 Å². The van der Waals surface area contributed by atoms with Crippen LogP contribution in [0.2, 0.25) is 0 Å². The Kier molecular flexibility index (Phi) is 6.20. The first-order valence-corrected chi connectivity index (χ1v) is 6.29. The third-order valence-corrected chi connectivity index (χ3v) is 2.91. The summed E-state index contributed by atoms with van der Waals surface area (Å²) in [6.07, 6.45) is -0.291. The van der Waals surface area contributed by atoms with Crippen LogP contribution in [-0.2, 0) is 19.1 Å². The highest BCUT2D eigenvalue weighted by Crippen LogP contribution is 2.11. The maximum Gasteiger partial charge on any atom is 0.329 e. The molecule has 1 aliphatic heterocycles. The van der Waals surface area contributed by atoms with Gasteiger partial charge in [0, 0.05) is 26.6 Å². The maximum atomic E-state index is 11.6. The van der Waals surface area contributed by atoms with Crippen molar-refractivity contribution in [2.45, 2.75) is 32.1 Å². The summed E-state index contributed by atoms with van der Waals surface area (Å²) in [5.41, 5.74) is 0. The number of hydrogen-bond donors (Lipinski definition) is 2. The van der Waals surface area contributed by atoms with Crippen LogP contribution in [0.5, 0.6) is 0 Å². The Hall–Kier alpha value is -1.18. The Balaban J connectivity index is 2.61. The number of hydrogen-bond acceptors (Lipinski definition) is 6. The lowest BCUT2D eigenvalue weighted by Crippen LogP contribution is -2.54. The summed E-state index contributed by atoms with van der Waals surface area (Å²) in [6, 6.07) is -0.702.